The second-order valence-corrected chi connectivity index (χ2v) is 6.51. The number of hydrogen-bond acceptors (Lipinski definition) is 3. The highest BCUT2D eigenvalue weighted by molar-refractivity contribution is 9.10. The molecule has 0 heterocycles. The van der Waals surface area contributed by atoms with E-state index in [1.54, 1.807) is 0 Å². The predicted molar refractivity (Wildman–Crippen MR) is 96.3 cm³/mol. The summed E-state index contributed by atoms with van der Waals surface area (Å²) in [7, 11) is 1.27. The van der Waals surface area contributed by atoms with E-state index in [-0.39, 0.29) is 31.8 Å². The molecule has 0 spiro atoms. The molecule has 0 aliphatic rings. The Labute approximate surface area is 158 Å². The molecule has 7 heteroatoms. The maximum Gasteiger partial charge on any atom is 0.307 e. The lowest BCUT2D eigenvalue weighted by Crippen LogP contribution is -2.34. The van der Waals surface area contributed by atoms with Crippen molar-refractivity contribution in [2.24, 2.45) is 0 Å². The summed E-state index contributed by atoms with van der Waals surface area (Å²) in [6, 6.07) is 10.8. The zero-order chi connectivity index (χ0) is 19.1. The van der Waals surface area contributed by atoms with Crippen LogP contribution in [0.25, 0.3) is 0 Å². The summed E-state index contributed by atoms with van der Waals surface area (Å²) < 4.78 is 32.0. The highest BCUT2D eigenvalue weighted by Crippen LogP contribution is 2.18. The van der Waals surface area contributed by atoms with Crippen molar-refractivity contribution in [2.75, 3.05) is 13.7 Å². The fourth-order valence-electron chi connectivity index (χ4n) is 2.40. The molecule has 2 aromatic carbocycles. The van der Waals surface area contributed by atoms with Gasteiger partial charge < -0.3 is 9.64 Å². The van der Waals surface area contributed by atoms with Crippen LogP contribution in [0.4, 0.5) is 8.78 Å². The minimum absolute atomic E-state index is 0.0158. The Hall–Kier alpha value is -2.28. The van der Waals surface area contributed by atoms with Crippen LogP contribution in [0.15, 0.2) is 46.9 Å². The van der Waals surface area contributed by atoms with Gasteiger partial charge in [0.2, 0.25) is 5.91 Å². The van der Waals surface area contributed by atoms with Crippen LogP contribution in [-0.4, -0.2) is 30.4 Å². The second-order valence-electron chi connectivity index (χ2n) is 5.66. The first-order valence-corrected chi connectivity index (χ1v) is 8.72. The van der Waals surface area contributed by atoms with Crippen molar-refractivity contribution in [2.45, 2.75) is 19.4 Å². The Morgan fingerprint density at radius 2 is 1.85 bits per heavy atom. The maximum absolute atomic E-state index is 13.4. The Morgan fingerprint density at radius 3 is 2.50 bits per heavy atom. The van der Waals surface area contributed by atoms with Gasteiger partial charge in [-0.3, -0.25) is 9.59 Å². The molecule has 0 radical (unpaired) electrons. The van der Waals surface area contributed by atoms with E-state index in [1.807, 2.05) is 24.3 Å². The van der Waals surface area contributed by atoms with Gasteiger partial charge in [0.05, 0.1) is 20.0 Å². The molecule has 1 amide bonds. The zero-order valence-corrected chi connectivity index (χ0v) is 15.8. The third kappa shape index (κ3) is 5.62. The molecule has 0 bridgehead atoms. The molecule has 0 aromatic heterocycles. The second kappa shape index (κ2) is 9.43. The minimum Gasteiger partial charge on any atom is -0.469 e. The summed E-state index contributed by atoms with van der Waals surface area (Å²) in [6.07, 6.45) is 0.133. The van der Waals surface area contributed by atoms with Crippen LogP contribution in [0.5, 0.6) is 0 Å². The summed E-state index contributed by atoms with van der Waals surface area (Å²) in [5.41, 5.74) is 1.24. The molecular formula is C19H18BrF2NO3. The largest absolute Gasteiger partial charge is 0.469 e. The van der Waals surface area contributed by atoms with Gasteiger partial charge in [0.25, 0.3) is 0 Å². The van der Waals surface area contributed by atoms with Gasteiger partial charge in [0.1, 0.15) is 0 Å². The number of nitrogens with zero attached hydrogens (tertiary/aromatic N) is 1. The molecule has 26 heavy (non-hydrogen) atoms. The normalized spacial score (nSPS) is 10.5. The molecule has 4 nitrogen and oxygen atoms in total. The van der Waals surface area contributed by atoms with Gasteiger partial charge in [-0.1, -0.05) is 40.2 Å². The molecule has 0 saturated heterocycles. The predicted octanol–water partition coefficient (Wildman–Crippen LogP) is 3.86. The molecule has 138 valence electrons. The van der Waals surface area contributed by atoms with Crippen molar-refractivity contribution in [3.63, 3.8) is 0 Å². The fourth-order valence-corrected chi connectivity index (χ4v) is 2.82. The van der Waals surface area contributed by atoms with Crippen LogP contribution in [-0.2, 0) is 27.3 Å². The van der Waals surface area contributed by atoms with E-state index >= 15 is 0 Å². The van der Waals surface area contributed by atoms with Crippen molar-refractivity contribution in [1.29, 1.82) is 0 Å². The van der Waals surface area contributed by atoms with Gasteiger partial charge in [-0.25, -0.2) is 8.78 Å². The number of carbonyl (C=O) groups is 2. The first-order chi connectivity index (χ1) is 12.4. The van der Waals surface area contributed by atoms with Crippen molar-refractivity contribution in [3.05, 3.63) is 69.7 Å². The minimum atomic E-state index is -0.978. The quantitative estimate of drug-likeness (QED) is 0.632. The smallest absolute Gasteiger partial charge is 0.307 e. The Balaban J connectivity index is 2.16. The van der Waals surface area contributed by atoms with Crippen LogP contribution >= 0.6 is 15.9 Å². The third-order valence-electron chi connectivity index (χ3n) is 3.82. The van der Waals surface area contributed by atoms with E-state index in [0.717, 1.165) is 22.2 Å². The number of methoxy groups -OCH3 is 1. The van der Waals surface area contributed by atoms with Crippen LogP contribution in [0.3, 0.4) is 0 Å². The lowest BCUT2D eigenvalue weighted by atomic mass is 10.1. The molecule has 2 rings (SSSR count). The van der Waals surface area contributed by atoms with Gasteiger partial charge in [-0.2, -0.15) is 0 Å². The molecule has 0 fully saturated rings. The van der Waals surface area contributed by atoms with Gasteiger partial charge >= 0.3 is 5.97 Å². The summed E-state index contributed by atoms with van der Waals surface area (Å²) in [6.45, 7) is 0.187. The van der Waals surface area contributed by atoms with E-state index in [4.69, 9.17) is 0 Å². The number of rotatable bonds is 7. The monoisotopic (exact) mass is 425 g/mol. The number of benzene rings is 2. The topological polar surface area (TPSA) is 46.6 Å². The number of esters is 1. The van der Waals surface area contributed by atoms with Gasteiger partial charge in [-0.05, 0) is 29.3 Å². The van der Waals surface area contributed by atoms with E-state index in [9.17, 15) is 18.4 Å². The number of amides is 1. The maximum atomic E-state index is 13.4. The Kier molecular flexibility index (Phi) is 7.26. The average molecular weight is 426 g/mol. The van der Waals surface area contributed by atoms with E-state index < -0.39 is 17.6 Å². The average Bonchev–Trinajstić information content (AvgIpc) is 2.63. The molecule has 0 aliphatic carbocycles. The highest BCUT2D eigenvalue weighted by atomic mass is 79.9. The Bertz CT molecular complexity index is 798. The number of halogens is 3. The lowest BCUT2D eigenvalue weighted by Gasteiger charge is -2.23. The standard InChI is InChI=1S/C19H18BrF2NO3/c1-26-19(25)8-9-23(12-13-6-7-16(21)17(22)10-13)18(24)11-14-4-2-3-5-15(14)20/h2-7,10H,8-9,11-12H2,1H3. The SMILES string of the molecule is COC(=O)CCN(Cc1ccc(F)c(F)c1)C(=O)Cc1ccccc1Br. The molecule has 0 atom stereocenters. The molecule has 0 aliphatic heterocycles. The zero-order valence-electron chi connectivity index (χ0n) is 14.2. The van der Waals surface area contributed by atoms with Crippen molar-refractivity contribution in [1.82, 2.24) is 4.90 Å². The fraction of sp³-hybridized carbons (Fsp3) is 0.263. The molecule has 2 aromatic rings. The summed E-state index contributed by atoms with van der Waals surface area (Å²) >= 11 is 3.40. The molecule has 0 saturated carbocycles. The molecular weight excluding hydrogens is 408 g/mol. The van der Waals surface area contributed by atoms with E-state index in [1.165, 1.54) is 18.1 Å². The highest BCUT2D eigenvalue weighted by Gasteiger charge is 2.18. The summed E-state index contributed by atoms with van der Waals surface area (Å²) in [4.78, 5) is 25.6. The number of ether oxygens (including phenoxy) is 1. The van der Waals surface area contributed by atoms with Crippen LogP contribution < -0.4 is 0 Å². The Morgan fingerprint density at radius 1 is 1.12 bits per heavy atom. The lowest BCUT2D eigenvalue weighted by molar-refractivity contribution is -0.141. The van der Waals surface area contributed by atoms with Gasteiger partial charge in [0.15, 0.2) is 11.6 Å². The van der Waals surface area contributed by atoms with Gasteiger partial charge in [0, 0.05) is 17.6 Å². The van der Waals surface area contributed by atoms with Crippen molar-refractivity contribution >= 4 is 27.8 Å². The van der Waals surface area contributed by atoms with Crippen molar-refractivity contribution in [3.8, 4) is 0 Å². The van der Waals surface area contributed by atoms with E-state index in [2.05, 4.69) is 20.7 Å². The van der Waals surface area contributed by atoms with Gasteiger partial charge in [-0.15, -0.1) is 0 Å². The first kappa shape index (κ1) is 20.0. The van der Waals surface area contributed by atoms with Crippen molar-refractivity contribution < 1.29 is 23.1 Å². The third-order valence-corrected chi connectivity index (χ3v) is 4.60. The summed E-state index contributed by atoms with van der Waals surface area (Å²) in [5.74, 6) is -2.61. The summed E-state index contributed by atoms with van der Waals surface area (Å²) in [5, 5.41) is 0. The number of hydrogen-bond donors (Lipinski definition) is 0. The first-order valence-electron chi connectivity index (χ1n) is 7.92. The van der Waals surface area contributed by atoms with Crippen LogP contribution in [0.1, 0.15) is 17.5 Å². The molecule has 0 N–H and O–H groups in total. The number of carbonyl (C=O) groups excluding carboxylic acids is 2. The van der Waals surface area contributed by atoms with Crippen LogP contribution in [0, 0.1) is 11.6 Å². The van der Waals surface area contributed by atoms with Crippen LogP contribution in [0.2, 0.25) is 0 Å². The molecule has 0 unspecified atom stereocenters. The van der Waals surface area contributed by atoms with E-state index in [0.29, 0.717) is 5.56 Å².